The molecule has 2 aliphatic heterocycles. The number of fused-ring (bicyclic) bond motifs is 1. The molecule has 0 unspecified atom stereocenters. The number of nitriles is 1. The SMILES string of the molecule is N#Cc1ccc(/C(F)=C/c2ccc(F)c([C@@]34CO[C@@H](C(F)(F)F)[C@@H]3CN=C(N)N4)c2)nc1. The second-order valence-electron chi connectivity index (χ2n) is 7.48. The van der Waals surface area contributed by atoms with Gasteiger partial charge in [-0.1, -0.05) is 6.07 Å². The second kappa shape index (κ2) is 7.87. The highest BCUT2D eigenvalue weighted by Crippen LogP contribution is 2.47. The summed E-state index contributed by atoms with van der Waals surface area (Å²) in [5.41, 5.74) is 4.34. The number of alkyl halides is 3. The molecule has 2 aromatic rings. The number of rotatable bonds is 3. The van der Waals surface area contributed by atoms with Crippen molar-refractivity contribution in [3.8, 4) is 6.07 Å². The van der Waals surface area contributed by atoms with Gasteiger partial charge in [-0.05, 0) is 35.9 Å². The summed E-state index contributed by atoms with van der Waals surface area (Å²) in [5.74, 6) is -2.97. The van der Waals surface area contributed by atoms with E-state index in [4.69, 9.17) is 15.7 Å². The molecule has 32 heavy (non-hydrogen) atoms. The van der Waals surface area contributed by atoms with Crippen LogP contribution in [0.4, 0.5) is 22.0 Å². The first kappa shape index (κ1) is 21.7. The number of benzene rings is 1. The van der Waals surface area contributed by atoms with Gasteiger partial charge in [-0.25, -0.2) is 8.78 Å². The average molecular weight is 449 g/mol. The van der Waals surface area contributed by atoms with E-state index in [1.165, 1.54) is 30.5 Å². The summed E-state index contributed by atoms with van der Waals surface area (Å²) in [6.45, 7) is -0.812. The van der Waals surface area contributed by atoms with E-state index in [1.807, 2.05) is 6.07 Å². The van der Waals surface area contributed by atoms with Crippen molar-refractivity contribution in [2.45, 2.75) is 17.8 Å². The van der Waals surface area contributed by atoms with E-state index >= 15 is 0 Å². The third-order valence-electron chi connectivity index (χ3n) is 5.52. The Kier molecular flexibility index (Phi) is 5.34. The van der Waals surface area contributed by atoms with Crippen LogP contribution in [0.2, 0.25) is 0 Å². The van der Waals surface area contributed by atoms with Crippen LogP contribution in [-0.2, 0) is 10.3 Å². The van der Waals surface area contributed by atoms with Gasteiger partial charge >= 0.3 is 6.18 Å². The van der Waals surface area contributed by atoms with E-state index in [9.17, 15) is 22.0 Å². The average Bonchev–Trinajstić information content (AvgIpc) is 3.15. The highest BCUT2D eigenvalue weighted by Gasteiger charge is 2.61. The minimum absolute atomic E-state index is 0.0561. The number of aliphatic imine (C=N–C) groups is 1. The second-order valence-corrected chi connectivity index (χ2v) is 7.48. The van der Waals surface area contributed by atoms with Gasteiger partial charge < -0.3 is 15.8 Å². The van der Waals surface area contributed by atoms with Crippen LogP contribution in [0.1, 0.15) is 22.4 Å². The number of nitrogens with two attached hydrogens (primary N) is 1. The van der Waals surface area contributed by atoms with Crippen LogP contribution in [0, 0.1) is 23.1 Å². The lowest BCUT2D eigenvalue weighted by Gasteiger charge is -2.39. The first-order valence-electron chi connectivity index (χ1n) is 9.44. The summed E-state index contributed by atoms with van der Waals surface area (Å²) >= 11 is 0. The maximum absolute atomic E-state index is 14.9. The summed E-state index contributed by atoms with van der Waals surface area (Å²) in [6, 6.07) is 8.13. The molecule has 0 aliphatic carbocycles. The Balaban J connectivity index is 1.75. The molecule has 0 radical (unpaired) electrons. The Morgan fingerprint density at radius 3 is 2.75 bits per heavy atom. The van der Waals surface area contributed by atoms with E-state index in [2.05, 4.69) is 15.3 Å². The van der Waals surface area contributed by atoms with E-state index in [0.29, 0.717) is 0 Å². The molecule has 166 valence electrons. The summed E-state index contributed by atoms with van der Waals surface area (Å²) in [7, 11) is 0. The lowest BCUT2D eigenvalue weighted by atomic mass is 9.76. The zero-order valence-electron chi connectivity index (χ0n) is 16.3. The molecule has 0 bridgehead atoms. The molecule has 0 spiro atoms. The van der Waals surface area contributed by atoms with Crippen LogP contribution >= 0.6 is 0 Å². The molecule has 0 saturated carbocycles. The predicted octanol–water partition coefficient (Wildman–Crippen LogP) is 3.25. The Morgan fingerprint density at radius 2 is 2.09 bits per heavy atom. The summed E-state index contributed by atoms with van der Waals surface area (Å²) < 4.78 is 75.1. The number of aromatic nitrogens is 1. The molecule has 3 atom stereocenters. The zero-order chi connectivity index (χ0) is 23.1. The van der Waals surface area contributed by atoms with Crippen molar-refractivity contribution in [1.82, 2.24) is 10.3 Å². The largest absolute Gasteiger partial charge is 0.415 e. The van der Waals surface area contributed by atoms with Crippen LogP contribution in [0.3, 0.4) is 0 Å². The normalized spacial score (nSPS) is 25.5. The van der Waals surface area contributed by atoms with Gasteiger partial charge in [-0.2, -0.15) is 18.4 Å². The molecule has 11 heteroatoms. The van der Waals surface area contributed by atoms with Crippen molar-refractivity contribution in [3.05, 3.63) is 64.7 Å². The fourth-order valence-electron chi connectivity index (χ4n) is 4.01. The lowest BCUT2D eigenvalue weighted by Crippen LogP contribution is -2.59. The van der Waals surface area contributed by atoms with Gasteiger partial charge in [0.2, 0.25) is 0 Å². The minimum atomic E-state index is -4.68. The number of hydrogen-bond donors (Lipinski definition) is 2. The molecule has 3 heterocycles. The molecular weight excluding hydrogens is 433 g/mol. The molecule has 1 fully saturated rings. The van der Waals surface area contributed by atoms with Gasteiger partial charge in [0.1, 0.15) is 17.7 Å². The Bertz CT molecular complexity index is 1140. The lowest BCUT2D eigenvalue weighted by molar-refractivity contribution is -0.216. The molecule has 2 aliphatic rings. The fraction of sp³-hybridized carbons (Fsp3) is 0.286. The monoisotopic (exact) mass is 449 g/mol. The van der Waals surface area contributed by atoms with Crippen molar-refractivity contribution in [2.75, 3.05) is 13.2 Å². The Hall–Kier alpha value is -3.52. The van der Waals surface area contributed by atoms with Crippen molar-refractivity contribution in [2.24, 2.45) is 16.6 Å². The minimum Gasteiger partial charge on any atom is -0.370 e. The quantitative estimate of drug-likeness (QED) is 0.702. The van der Waals surface area contributed by atoms with E-state index < -0.39 is 42.0 Å². The van der Waals surface area contributed by atoms with Gasteiger partial charge in [0.15, 0.2) is 12.1 Å². The van der Waals surface area contributed by atoms with E-state index in [0.717, 1.165) is 12.1 Å². The number of guanidine groups is 1. The van der Waals surface area contributed by atoms with Crippen molar-refractivity contribution < 1.29 is 26.7 Å². The third-order valence-corrected chi connectivity index (χ3v) is 5.52. The maximum atomic E-state index is 14.9. The first-order valence-corrected chi connectivity index (χ1v) is 9.44. The van der Waals surface area contributed by atoms with Gasteiger partial charge in [0.05, 0.1) is 29.9 Å². The van der Waals surface area contributed by atoms with Crippen molar-refractivity contribution >= 4 is 17.9 Å². The van der Waals surface area contributed by atoms with Gasteiger partial charge in [-0.3, -0.25) is 9.98 Å². The highest BCUT2D eigenvalue weighted by atomic mass is 19.4. The molecule has 1 aromatic heterocycles. The summed E-state index contributed by atoms with van der Waals surface area (Å²) in [5, 5.41) is 11.5. The molecule has 0 amide bonds. The molecular formula is C21H16F5N5O. The number of pyridine rings is 1. The van der Waals surface area contributed by atoms with Crippen LogP contribution in [-0.4, -0.2) is 36.4 Å². The Labute approximate surface area is 179 Å². The van der Waals surface area contributed by atoms with E-state index in [-0.39, 0.29) is 34.9 Å². The highest BCUT2D eigenvalue weighted by molar-refractivity contribution is 5.80. The summed E-state index contributed by atoms with van der Waals surface area (Å²) in [4.78, 5) is 7.68. The Morgan fingerprint density at radius 1 is 1.31 bits per heavy atom. The van der Waals surface area contributed by atoms with E-state index in [1.54, 1.807) is 0 Å². The van der Waals surface area contributed by atoms with Crippen LogP contribution in [0.5, 0.6) is 0 Å². The topological polar surface area (TPSA) is 96.3 Å². The standard InChI is InChI=1S/C21H16F5N5O/c22-15-3-1-11(6-16(23)17-4-2-12(7-27)8-29-17)5-13(15)20-10-32-18(21(24,25)26)14(20)9-30-19(28)31-20/h1-6,8,14,18H,9-10H2,(H3,28,30,31)/b16-6-/t14-,18+,20-/m0/s1. The molecule has 1 saturated heterocycles. The molecule has 4 rings (SSSR count). The summed E-state index contributed by atoms with van der Waals surface area (Å²) in [6.07, 6.45) is -4.58. The number of hydrogen-bond acceptors (Lipinski definition) is 6. The maximum Gasteiger partial charge on any atom is 0.415 e. The molecule has 6 nitrogen and oxygen atoms in total. The number of nitrogens with one attached hydrogen (secondary N) is 1. The zero-order valence-corrected chi connectivity index (χ0v) is 16.3. The smallest absolute Gasteiger partial charge is 0.370 e. The van der Waals surface area contributed by atoms with Crippen LogP contribution in [0.25, 0.3) is 11.9 Å². The molecule has 1 aromatic carbocycles. The molecule has 3 N–H and O–H groups in total. The predicted molar refractivity (Wildman–Crippen MR) is 105 cm³/mol. The van der Waals surface area contributed by atoms with Crippen molar-refractivity contribution in [3.63, 3.8) is 0 Å². The van der Waals surface area contributed by atoms with Crippen LogP contribution < -0.4 is 11.1 Å². The van der Waals surface area contributed by atoms with Gasteiger partial charge in [0.25, 0.3) is 0 Å². The number of nitrogens with zero attached hydrogens (tertiary/aromatic N) is 3. The van der Waals surface area contributed by atoms with Crippen molar-refractivity contribution in [1.29, 1.82) is 5.26 Å². The fourth-order valence-corrected chi connectivity index (χ4v) is 4.01. The first-order chi connectivity index (χ1) is 15.1. The third kappa shape index (κ3) is 3.78. The van der Waals surface area contributed by atoms with Gasteiger partial charge in [0, 0.05) is 17.7 Å². The van der Waals surface area contributed by atoms with Gasteiger partial charge in [-0.15, -0.1) is 0 Å². The number of ether oxygens (including phenoxy) is 1. The number of halogens is 5. The van der Waals surface area contributed by atoms with Crippen LogP contribution in [0.15, 0.2) is 41.5 Å².